The van der Waals surface area contributed by atoms with Crippen molar-refractivity contribution in [3.63, 3.8) is 0 Å². The average Bonchev–Trinajstić information content (AvgIpc) is 2.93. The lowest BCUT2D eigenvalue weighted by molar-refractivity contribution is -0.148. The number of hydrazone groups is 1. The zero-order valence-electron chi connectivity index (χ0n) is 12.4. The summed E-state index contributed by atoms with van der Waals surface area (Å²) in [7, 11) is 0. The number of carboxylic acids is 1. The quantitative estimate of drug-likeness (QED) is 0.877. The number of hydrogen-bond acceptors (Lipinski definition) is 5. The molecule has 0 aliphatic carbocycles. The van der Waals surface area contributed by atoms with E-state index in [0.29, 0.717) is 16.5 Å². The minimum atomic E-state index is -1.11. The van der Waals surface area contributed by atoms with Gasteiger partial charge in [-0.2, -0.15) is 5.10 Å². The van der Waals surface area contributed by atoms with Crippen LogP contribution in [0.25, 0.3) is 0 Å². The minimum Gasteiger partial charge on any atom is -0.480 e. The SMILES string of the molecule is CC(=O)SCCC(=O)N1N=C(c2ccc(Cl)cc2)CC1C(=O)O. The summed E-state index contributed by atoms with van der Waals surface area (Å²) in [6.45, 7) is 1.42. The summed E-state index contributed by atoms with van der Waals surface area (Å²) in [5.74, 6) is -1.21. The van der Waals surface area contributed by atoms with Crippen molar-refractivity contribution >= 4 is 46.1 Å². The molecule has 1 unspecified atom stereocenters. The molecule has 8 heteroatoms. The zero-order chi connectivity index (χ0) is 17.0. The van der Waals surface area contributed by atoms with E-state index in [1.54, 1.807) is 24.3 Å². The molecule has 1 aliphatic heterocycles. The molecule has 0 spiro atoms. The molecule has 1 heterocycles. The van der Waals surface area contributed by atoms with Gasteiger partial charge in [-0.1, -0.05) is 35.5 Å². The van der Waals surface area contributed by atoms with Gasteiger partial charge in [-0.3, -0.25) is 9.59 Å². The van der Waals surface area contributed by atoms with E-state index in [9.17, 15) is 19.5 Å². The largest absolute Gasteiger partial charge is 0.480 e. The van der Waals surface area contributed by atoms with Crippen LogP contribution in [0, 0.1) is 0 Å². The second-order valence-electron chi connectivity index (χ2n) is 4.94. The van der Waals surface area contributed by atoms with Gasteiger partial charge in [0.15, 0.2) is 11.2 Å². The molecule has 1 aliphatic rings. The molecule has 0 saturated carbocycles. The molecule has 1 aromatic carbocycles. The summed E-state index contributed by atoms with van der Waals surface area (Å²) < 4.78 is 0. The van der Waals surface area contributed by atoms with E-state index in [2.05, 4.69) is 5.10 Å². The second-order valence-corrected chi connectivity index (χ2v) is 6.65. The molecule has 1 N–H and O–H groups in total. The lowest BCUT2D eigenvalue weighted by Gasteiger charge is -2.17. The number of carbonyl (C=O) groups is 3. The van der Waals surface area contributed by atoms with Gasteiger partial charge in [0.2, 0.25) is 5.91 Å². The van der Waals surface area contributed by atoms with E-state index in [4.69, 9.17) is 11.6 Å². The number of amides is 1. The summed E-state index contributed by atoms with van der Waals surface area (Å²) in [5, 5.41) is 15.0. The highest BCUT2D eigenvalue weighted by atomic mass is 35.5. The summed E-state index contributed by atoms with van der Waals surface area (Å²) in [6, 6.07) is 5.82. The molecule has 6 nitrogen and oxygen atoms in total. The van der Waals surface area contributed by atoms with E-state index in [1.165, 1.54) is 6.92 Å². The number of aliphatic carboxylic acids is 1. The Morgan fingerprint density at radius 3 is 2.57 bits per heavy atom. The Kier molecular flexibility index (Phi) is 5.79. The molecule has 23 heavy (non-hydrogen) atoms. The van der Waals surface area contributed by atoms with Crippen LogP contribution in [0.15, 0.2) is 29.4 Å². The van der Waals surface area contributed by atoms with Crippen molar-refractivity contribution in [1.82, 2.24) is 5.01 Å². The third-order valence-electron chi connectivity index (χ3n) is 3.25. The zero-order valence-corrected chi connectivity index (χ0v) is 13.9. The number of carboxylic acid groups (broad SMARTS) is 1. The van der Waals surface area contributed by atoms with Crippen molar-refractivity contribution in [2.75, 3.05) is 5.75 Å². The number of benzene rings is 1. The van der Waals surface area contributed by atoms with Crippen molar-refractivity contribution < 1.29 is 19.5 Å². The molecule has 0 saturated heterocycles. The maximum atomic E-state index is 12.2. The molecule has 2 rings (SSSR count). The van der Waals surface area contributed by atoms with Crippen LogP contribution in [-0.2, 0) is 14.4 Å². The Hall–Kier alpha value is -1.86. The molecule has 1 aromatic rings. The van der Waals surface area contributed by atoms with E-state index < -0.39 is 17.9 Å². The van der Waals surface area contributed by atoms with Crippen molar-refractivity contribution in [2.24, 2.45) is 5.10 Å². The molecule has 0 aromatic heterocycles. The molecule has 0 radical (unpaired) electrons. The minimum absolute atomic E-state index is 0.0609. The van der Waals surface area contributed by atoms with E-state index in [-0.39, 0.29) is 18.0 Å². The Morgan fingerprint density at radius 1 is 1.35 bits per heavy atom. The van der Waals surface area contributed by atoms with E-state index in [0.717, 1.165) is 22.3 Å². The van der Waals surface area contributed by atoms with Crippen LogP contribution >= 0.6 is 23.4 Å². The lowest BCUT2D eigenvalue weighted by atomic mass is 10.0. The summed E-state index contributed by atoms with van der Waals surface area (Å²) in [6.07, 6.45) is 0.202. The van der Waals surface area contributed by atoms with Crippen LogP contribution in [-0.4, -0.2) is 44.6 Å². The second kappa shape index (κ2) is 7.61. The number of hydrogen-bond donors (Lipinski definition) is 1. The number of nitrogens with zero attached hydrogens (tertiary/aromatic N) is 2. The molecule has 1 amide bonds. The Morgan fingerprint density at radius 2 is 2.00 bits per heavy atom. The standard InChI is InChI=1S/C15H15ClN2O4S/c1-9(19)23-7-6-14(20)18-13(15(21)22)8-12(17-18)10-2-4-11(16)5-3-10/h2-5,13H,6-8H2,1H3,(H,21,22). The van der Waals surface area contributed by atoms with Gasteiger partial charge in [0, 0.05) is 30.5 Å². The Bertz CT molecular complexity index is 660. The van der Waals surface area contributed by atoms with Crippen molar-refractivity contribution in [1.29, 1.82) is 0 Å². The molecular weight excluding hydrogens is 340 g/mol. The van der Waals surface area contributed by atoms with Gasteiger partial charge < -0.3 is 5.11 Å². The van der Waals surface area contributed by atoms with Crippen LogP contribution < -0.4 is 0 Å². The molecule has 1 atom stereocenters. The first-order valence-corrected chi connectivity index (χ1v) is 8.26. The third kappa shape index (κ3) is 4.56. The average molecular weight is 355 g/mol. The number of halogens is 1. The van der Waals surface area contributed by atoms with Crippen molar-refractivity contribution in [2.45, 2.75) is 25.8 Å². The highest BCUT2D eigenvalue weighted by molar-refractivity contribution is 8.13. The van der Waals surface area contributed by atoms with Gasteiger partial charge in [0.05, 0.1) is 5.71 Å². The highest BCUT2D eigenvalue weighted by Crippen LogP contribution is 2.23. The lowest BCUT2D eigenvalue weighted by Crippen LogP contribution is -2.38. The monoisotopic (exact) mass is 354 g/mol. The number of rotatable bonds is 5. The fourth-order valence-corrected chi connectivity index (χ4v) is 2.84. The fourth-order valence-electron chi connectivity index (χ4n) is 2.15. The normalized spacial score (nSPS) is 17.0. The Balaban J connectivity index is 2.14. The van der Waals surface area contributed by atoms with Crippen LogP contribution in [0.3, 0.4) is 0 Å². The maximum Gasteiger partial charge on any atom is 0.329 e. The molecular formula is C15H15ClN2O4S. The van der Waals surface area contributed by atoms with Gasteiger partial charge in [-0.05, 0) is 17.7 Å². The number of carbonyl (C=O) groups excluding carboxylic acids is 2. The predicted octanol–water partition coefficient (Wildman–Crippen LogP) is 2.40. The Labute approximate surface area is 142 Å². The van der Waals surface area contributed by atoms with Gasteiger partial charge in [0.1, 0.15) is 0 Å². The molecule has 0 fully saturated rings. The van der Waals surface area contributed by atoms with Crippen LogP contribution in [0.5, 0.6) is 0 Å². The van der Waals surface area contributed by atoms with Gasteiger partial charge in [-0.15, -0.1) is 0 Å². The van der Waals surface area contributed by atoms with Gasteiger partial charge >= 0.3 is 5.97 Å². The van der Waals surface area contributed by atoms with E-state index >= 15 is 0 Å². The topological polar surface area (TPSA) is 87.0 Å². The molecule has 0 bridgehead atoms. The van der Waals surface area contributed by atoms with Crippen LogP contribution in [0.4, 0.5) is 0 Å². The third-order valence-corrected chi connectivity index (χ3v) is 4.32. The molecule has 122 valence electrons. The summed E-state index contributed by atoms with van der Waals surface area (Å²) in [5.41, 5.74) is 1.26. The first-order chi connectivity index (χ1) is 10.9. The first kappa shape index (κ1) is 17.5. The maximum absolute atomic E-state index is 12.2. The van der Waals surface area contributed by atoms with Crippen LogP contribution in [0.1, 0.15) is 25.3 Å². The van der Waals surface area contributed by atoms with Crippen molar-refractivity contribution in [3.8, 4) is 0 Å². The first-order valence-electron chi connectivity index (χ1n) is 6.90. The smallest absolute Gasteiger partial charge is 0.329 e. The van der Waals surface area contributed by atoms with Gasteiger partial charge in [-0.25, -0.2) is 9.80 Å². The fraction of sp³-hybridized carbons (Fsp3) is 0.333. The predicted molar refractivity (Wildman–Crippen MR) is 88.6 cm³/mol. The van der Waals surface area contributed by atoms with Gasteiger partial charge in [0.25, 0.3) is 0 Å². The van der Waals surface area contributed by atoms with Crippen molar-refractivity contribution in [3.05, 3.63) is 34.9 Å². The number of thioether (sulfide) groups is 1. The van der Waals surface area contributed by atoms with Crippen LogP contribution in [0.2, 0.25) is 5.02 Å². The van der Waals surface area contributed by atoms with E-state index in [1.807, 2.05) is 0 Å². The summed E-state index contributed by atoms with van der Waals surface area (Å²) >= 11 is 6.86. The summed E-state index contributed by atoms with van der Waals surface area (Å²) in [4.78, 5) is 34.5. The highest BCUT2D eigenvalue weighted by Gasteiger charge is 2.36.